The highest BCUT2D eigenvalue weighted by Crippen LogP contribution is 2.31. The smallest absolute Gasteiger partial charge is 0.325 e. The molecular weight excluding hydrogens is 370 g/mol. The number of carboxylic acid groups (broad SMARTS) is 1. The Bertz CT molecular complexity index is 961. The van der Waals surface area contributed by atoms with Gasteiger partial charge in [-0.05, 0) is 25.1 Å². The summed E-state index contributed by atoms with van der Waals surface area (Å²) >= 11 is 6.12. The number of benzene rings is 1. The molecule has 0 unspecified atom stereocenters. The van der Waals surface area contributed by atoms with Crippen LogP contribution in [0.2, 0.25) is 5.02 Å². The second kappa shape index (κ2) is 7.30. The molecule has 2 aromatic heterocycles. The van der Waals surface area contributed by atoms with E-state index in [0.29, 0.717) is 24.7 Å². The summed E-state index contributed by atoms with van der Waals surface area (Å²) in [5.41, 5.74) is 3.24. The van der Waals surface area contributed by atoms with Crippen molar-refractivity contribution in [3.05, 3.63) is 46.4 Å². The van der Waals surface area contributed by atoms with Crippen LogP contribution >= 0.6 is 11.6 Å². The minimum absolute atomic E-state index is 0.592. The summed E-state index contributed by atoms with van der Waals surface area (Å²) in [5, 5.41) is 19.1. The molecular formula is C18H20ClN5O3. The van der Waals surface area contributed by atoms with E-state index in [0.717, 1.165) is 40.9 Å². The van der Waals surface area contributed by atoms with Gasteiger partial charge in [0, 0.05) is 60.4 Å². The van der Waals surface area contributed by atoms with Gasteiger partial charge in [0.1, 0.15) is 17.4 Å². The molecule has 4 rings (SSSR count). The average Bonchev–Trinajstić information content (AvgIpc) is 3.23. The number of halogens is 1. The third kappa shape index (κ3) is 3.55. The topological polar surface area (TPSA) is 98.5 Å². The number of aromatic amines is 1. The fourth-order valence-corrected chi connectivity index (χ4v) is 3.78. The summed E-state index contributed by atoms with van der Waals surface area (Å²) in [7, 11) is 0. The third-order valence-corrected chi connectivity index (χ3v) is 5.33. The molecule has 0 aliphatic carbocycles. The van der Waals surface area contributed by atoms with Gasteiger partial charge >= 0.3 is 5.97 Å². The van der Waals surface area contributed by atoms with E-state index < -0.39 is 12.0 Å². The first kappa shape index (κ1) is 18.0. The molecule has 0 spiro atoms. The van der Waals surface area contributed by atoms with Crippen LogP contribution in [-0.4, -0.2) is 62.4 Å². The van der Waals surface area contributed by atoms with Crippen LogP contribution in [0.1, 0.15) is 23.0 Å². The number of rotatable bonds is 5. The zero-order chi connectivity index (χ0) is 19.0. The lowest BCUT2D eigenvalue weighted by Crippen LogP contribution is -2.48. The standard InChI is InChI=1S/C18H20ClN5O3/c1-11-16(22-27-21-11)10-23-4-6-24(7-5-23)17(18(25)26)14-9-20-15-3-2-12(19)8-13(14)15/h2-3,8-9,17,20H,4-7,10H2,1H3,(H,25,26)/t17-/m0/s1. The highest BCUT2D eigenvalue weighted by Gasteiger charge is 2.32. The van der Waals surface area contributed by atoms with Crippen molar-refractivity contribution in [2.75, 3.05) is 26.2 Å². The minimum atomic E-state index is -0.860. The van der Waals surface area contributed by atoms with Gasteiger partial charge in [-0.3, -0.25) is 14.6 Å². The molecule has 0 saturated carbocycles. The van der Waals surface area contributed by atoms with E-state index in [-0.39, 0.29) is 0 Å². The summed E-state index contributed by atoms with van der Waals surface area (Å²) in [4.78, 5) is 19.5. The van der Waals surface area contributed by atoms with E-state index >= 15 is 0 Å². The van der Waals surface area contributed by atoms with Gasteiger partial charge < -0.3 is 10.1 Å². The van der Waals surface area contributed by atoms with E-state index in [2.05, 4.69) is 20.2 Å². The van der Waals surface area contributed by atoms with Crippen LogP contribution in [0.15, 0.2) is 29.0 Å². The van der Waals surface area contributed by atoms with Crippen LogP contribution in [0.3, 0.4) is 0 Å². The Morgan fingerprint density at radius 2 is 2.11 bits per heavy atom. The fraction of sp³-hybridized carbons (Fsp3) is 0.389. The Morgan fingerprint density at radius 3 is 2.78 bits per heavy atom. The zero-order valence-corrected chi connectivity index (χ0v) is 15.6. The number of aryl methyl sites for hydroxylation is 1. The number of nitrogens with zero attached hydrogens (tertiary/aromatic N) is 4. The lowest BCUT2D eigenvalue weighted by Gasteiger charge is -2.37. The molecule has 1 fully saturated rings. The lowest BCUT2D eigenvalue weighted by molar-refractivity contribution is -0.144. The van der Waals surface area contributed by atoms with Crippen molar-refractivity contribution in [3.63, 3.8) is 0 Å². The molecule has 8 nitrogen and oxygen atoms in total. The van der Waals surface area contributed by atoms with Gasteiger partial charge in [0.05, 0.1) is 0 Å². The number of carboxylic acids is 1. The van der Waals surface area contributed by atoms with Gasteiger partial charge in [0.2, 0.25) is 0 Å². The largest absolute Gasteiger partial charge is 0.480 e. The maximum atomic E-state index is 12.1. The highest BCUT2D eigenvalue weighted by atomic mass is 35.5. The Balaban J connectivity index is 1.51. The Kier molecular flexibility index (Phi) is 4.86. The fourth-order valence-electron chi connectivity index (χ4n) is 3.61. The van der Waals surface area contributed by atoms with Crippen LogP contribution in [0.25, 0.3) is 10.9 Å². The van der Waals surface area contributed by atoms with Gasteiger partial charge in [-0.25, -0.2) is 4.63 Å². The molecule has 1 aliphatic heterocycles. The van der Waals surface area contributed by atoms with Crippen molar-refractivity contribution < 1.29 is 14.5 Å². The maximum Gasteiger partial charge on any atom is 0.325 e. The third-order valence-electron chi connectivity index (χ3n) is 5.10. The Hall–Kier alpha value is -2.42. The average molecular weight is 390 g/mol. The number of piperazine rings is 1. The van der Waals surface area contributed by atoms with Crippen LogP contribution in [0.5, 0.6) is 0 Å². The zero-order valence-electron chi connectivity index (χ0n) is 14.9. The molecule has 0 bridgehead atoms. The van der Waals surface area contributed by atoms with Crippen molar-refractivity contribution in [3.8, 4) is 0 Å². The van der Waals surface area contributed by atoms with E-state index in [1.807, 2.05) is 24.0 Å². The van der Waals surface area contributed by atoms with Crippen molar-refractivity contribution in [1.29, 1.82) is 0 Å². The quantitative estimate of drug-likeness (QED) is 0.691. The summed E-state index contributed by atoms with van der Waals surface area (Å²) in [6.45, 7) is 5.32. The molecule has 0 radical (unpaired) electrons. The minimum Gasteiger partial charge on any atom is -0.480 e. The number of carbonyl (C=O) groups is 1. The predicted octanol–water partition coefficient (Wildman–Crippen LogP) is 2.46. The number of hydrogen-bond acceptors (Lipinski definition) is 6. The second-order valence-corrected chi connectivity index (χ2v) is 7.22. The number of aliphatic carboxylic acids is 1. The van der Waals surface area contributed by atoms with Crippen molar-refractivity contribution in [1.82, 2.24) is 25.1 Å². The Labute approximate surface area is 160 Å². The molecule has 3 heterocycles. The van der Waals surface area contributed by atoms with E-state index in [9.17, 15) is 9.90 Å². The normalized spacial score (nSPS) is 17.4. The van der Waals surface area contributed by atoms with Gasteiger partial charge in [0.15, 0.2) is 0 Å². The summed E-state index contributed by atoms with van der Waals surface area (Å²) in [6, 6.07) is 4.76. The van der Waals surface area contributed by atoms with E-state index in [4.69, 9.17) is 16.2 Å². The predicted molar refractivity (Wildman–Crippen MR) is 99.6 cm³/mol. The van der Waals surface area contributed by atoms with Gasteiger partial charge in [-0.1, -0.05) is 21.9 Å². The SMILES string of the molecule is Cc1nonc1CN1CCN([C@H](C(=O)O)c2c[nH]c3ccc(Cl)cc23)CC1. The number of hydrogen-bond donors (Lipinski definition) is 2. The van der Waals surface area contributed by atoms with Crippen molar-refractivity contribution >= 4 is 28.5 Å². The van der Waals surface area contributed by atoms with Crippen LogP contribution in [-0.2, 0) is 11.3 Å². The summed E-state index contributed by atoms with van der Waals surface area (Å²) < 4.78 is 4.75. The summed E-state index contributed by atoms with van der Waals surface area (Å²) in [5.74, 6) is -0.860. The number of aromatic nitrogens is 3. The Morgan fingerprint density at radius 1 is 1.33 bits per heavy atom. The first-order valence-corrected chi connectivity index (χ1v) is 9.14. The van der Waals surface area contributed by atoms with Crippen LogP contribution in [0, 0.1) is 6.92 Å². The molecule has 2 N–H and O–H groups in total. The van der Waals surface area contributed by atoms with E-state index in [1.165, 1.54) is 0 Å². The van der Waals surface area contributed by atoms with Crippen LogP contribution in [0.4, 0.5) is 0 Å². The number of nitrogens with one attached hydrogen (secondary N) is 1. The second-order valence-electron chi connectivity index (χ2n) is 6.78. The molecule has 27 heavy (non-hydrogen) atoms. The molecule has 1 saturated heterocycles. The van der Waals surface area contributed by atoms with Crippen molar-refractivity contribution in [2.45, 2.75) is 19.5 Å². The number of H-pyrrole nitrogens is 1. The maximum absolute atomic E-state index is 12.1. The monoisotopic (exact) mass is 389 g/mol. The molecule has 1 atom stereocenters. The molecule has 0 amide bonds. The van der Waals surface area contributed by atoms with E-state index in [1.54, 1.807) is 12.3 Å². The van der Waals surface area contributed by atoms with Crippen LogP contribution < -0.4 is 0 Å². The van der Waals surface area contributed by atoms with Gasteiger partial charge in [0.25, 0.3) is 0 Å². The molecule has 3 aromatic rings. The van der Waals surface area contributed by atoms with Gasteiger partial charge in [-0.15, -0.1) is 0 Å². The first-order valence-electron chi connectivity index (χ1n) is 8.76. The van der Waals surface area contributed by atoms with Crippen molar-refractivity contribution in [2.24, 2.45) is 0 Å². The molecule has 1 aliphatic rings. The summed E-state index contributed by atoms with van der Waals surface area (Å²) in [6.07, 6.45) is 1.77. The first-order chi connectivity index (χ1) is 13.0. The molecule has 9 heteroatoms. The highest BCUT2D eigenvalue weighted by molar-refractivity contribution is 6.31. The van der Waals surface area contributed by atoms with Gasteiger partial charge in [-0.2, -0.15) is 0 Å². The number of fused-ring (bicyclic) bond motifs is 1. The molecule has 142 valence electrons. The molecule has 1 aromatic carbocycles. The lowest BCUT2D eigenvalue weighted by atomic mass is 10.0.